The third-order valence-electron chi connectivity index (χ3n) is 4.52. The predicted molar refractivity (Wildman–Crippen MR) is 130 cm³/mol. The summed E-state index contributed by atoms with van der Waals surface area (Å²) in [5.74, 6) is 1.07. The Morgan fingerprint density at radius 2 is 2.03 bits per heavy atom. The summed E-state index contributed by atoms with van der Waals surface area (Å²) in [7, 11) is -2.39. The molecule has 0 aliphatic carbocycles. The minimum Gasteiger partial charge on any atom is -0.394 e. The summed E-state index contributed by atoms with van der Waals surface area (Å²) in [6.45, 7) is 8.42. The number of anilines is 3. The molecule has 0 aliphatic heterocycles. The molecular weight excluding hydrogens is 410 g/mol. The number of hydrogen-bond donors (Lipinski definition) is 3. The largest absolute Gasteiger partial charge is 0.394 e. The van der Waals surface area contributed by atoms with Crippen molar-refractivity contribution in [1.82, 2.24) is 9.97 Å². The zero-order valence-corrected chi connectivity index (χ0v) is 19.7. The van der Waals surface area contributed by atoms with E-state index in [0.29, 0.717) is 23.2 Å². The van der Waals surface area contributed by atoms with Gasteiger partial charge in [-0.15, -0.1) is 0 Å². The van der Waals surface area contributed by atoms with Gasteiger partial charge in [0.15, 0.2) is 0 Å². The molecule has 1 heterocycles. The van der Waals surface area contributed by atoms with Crippen LogP contribution in [0.25, 0.3) is 5.57 Å². The lowest BCUT2D eigenvalue weighted by molar-refractivity contribution is 0.281. The molecule has 31 heavy (non-hydrogen) atoms. The van der Waals surface area contributed by atoms with Crippen molar-refractivity contribution in [3.63, 3.8) is 0 Å². The van der Waals surface area contributed by atoms with Gasteiger partial charge in [0.25, 0.3) is 0 Å². The lowest BCUT2D eigenvalue weighted by atomic mass is 10.1. The number of benzene rings is 1. The van der Waals surface area contributed by atoms with Crippen LogP contribution in [0, 0.1) is 0 Å². The fraction of sp³-hybridized carbons (Fsp3) is 0.391. The number of aliphatic hydroxyl groups excluding tert-OH is 1. The number of hydrogen-bond acceptors (Lipinski definition) is 7. The van der Waals surface area contributed by atoms with Crippen LogP contribution in [0.2, 0.25) is 0 Å². The van der Waals surface area contributed by atoms with Crippen LogP contribution in [-0.2, 0) is 9.73 Å². The normalized spacial score (nSPS) is 14.8. The van der Waals surface area contributed by atoms with Gasteiger partial charge >= 0.3 is 0 Å². The Balaban J connectivity index is 2.30. The quantitative estimate of drug-likeness (QED) is 0.454. The summed E-state index contributed by atoms with van der Waals surface area (Å²) in [5.41, 5.74) is 2.65. The first-order valence-corrected chi connectivity index (χ1v) is 12.3. The summed E-state index contributed by atoms with van der Waals surface area (Å²) in [6, 6.07) is 7.17. The van der Waals surface area contributed by atoms with Crippen LogP contribution in [0.1, 0.15) is 39.7 Å². The molecule has 0 saturated heterocycles. The Morgan fingerprint density at radius 3 is 2.65 bits per heavy atom. The molecule has 1 aromatic heterocycles. The van der Waals surface area contributed by atoms with Crippen LogP contribution in [0.5, 0.6) is 0 Å². The number of aliphatic hydroxyl groups is 1. The van der Waals surface area contributed by atoms with Crippen LogP contribution >= 0.6 is 0 Å². The molecule has 0 saturated carbocycles. The van der Waals surface area contributed by atoms with E-state index in [1.54, 1.807) is 12.5 Å². The molecular formula is C23H33N5O2S. The third-order valence-corrected chi connectivity index (χ3v) is 6.34. The summed E-state index contributed by atoms with van der Waals surface area (Å²) in [4.78, 5) is 9.76. The summed E-state index contributed by atoms with van der Waals surface area (Å²) in [5, 5.41) is 15.9. The smallest absolute Gasteiger partial charge is 0.229 e. The van der Waals surface area contributed by atoms with Crippen molar-refractivity contribution in [3.05, 3.63) is 54.3 Å². The second-order valence-electron chi connectivity index (χ2n) is 7.36. The molecule has 0 fully saturated rings. The highest BCUT2D eigenvalue weighted by atomic mass is 32.2. The summed E-state index contributed by atoms with van der Waals surface area (Å²) >= 11 is 0. The zero-order chi connectivity index (χ0) is 22.9. The molecule has 0 amide bonds. The first kappa shape index (κ1) is 24.6. The third kappa shape index (κ3) is 7.18. The van der Waals surface area contributed by atoms with Crippen molar-refractivity contribution < 1.29 is 9.32 Å². The van der Waals surface area contributed by atoms with E-state index in [-0.39, 0.29) is 12.6 Å². The zero-order valence-electron chi connectivity index (χ0n) is 18.9. The number of nitrogens with zero attached hydrogens (tertiary/aromatic N) is 3. The van der Waals surface area contributed by atoms with Crippen molar-refractivity contribution >= 4 is 32.8 Å². The van der Waals surface area contributed by atoms with E-state index in [2.05, 4.69) is 25.0 Å². The van der Waals surface area contributed by atoms with Gasteiger partial charge in [-0.3, -0.25) is 0 Å². The van der Waals surface area contributed by atoms with Gasteiger partial charge in [-0.05, 0) is 57.0 Å². The second-order valence-corrected chi connectivity index (χ2v) is 9.70. The molecule has 168 valence electrons. The molecule has 0 aliphatic rings. The second kappa shape index (κ2) is 11.6. The maximum absolute atomic E-state index is 12.7. The van der Waals surface area contributed by atoms with E-state index >= 15 is 0 Å². The molecule has 2 aromatic rings. The van der Waals surface area contributed by atoms with Gasteiger partial charge in [0.05, 0.1) is 16.3 Å². The number of rotatable bonds is 10. The van der Waals surface area contributed by atoms with Crippen molar-refractivity contribution in [1.29, 1.82) is 0 Å². The Morgan fingerprint density at radius 1 is 1.32 bits per heavy atom. The lowest BCUT2D eigenvalue weighted by Gasteiger charge is -2.16. The molecule has 0 radical (unpaired) electrons. The molecule has 0 bridgehead atoms. The van der Waals surface area contributed by atoms with Crippen molar-refractivity contribution in [2.45, 2.75) is 45.1 Å². The van der Waals surface area contributed by atoms with Crippen LogP contribution in [0.4, 0.5) is 17.5 Å². The highest BCUT2D eigenvalue weighted by molar-refractivity contribution is 7.93. The topological polar surface area (TPSA) is 99.5 Å². The minimum atomic E-state index is -2.39. The number of allylic oxidation sites excluding steroid dienone is 4. The van der Waals surface area contributed by atoms with E-state index in [9.17, 15) is 9.32 Å². The van der Waals surface area contributed by atoms with Crippen molar-refractivity contribution in [3.8, 4) is 0 Å². The maximum atomic E-state index is 12.7. The highest BCUT2D eigenvalue weighted by Crippen LogP contribution is 2.25. The van der Waals surface area contributed by atoms with Crippen molar-refractivity contribution in [2.24, 2.45) is 4.36 Å². The SMILES string of the molecule is C/C=C\C=C(/C)c1cnc(Nc2ccc(S(C)(=O)=NCCC)cc2)nc1N[C@H](C)CO. The van der Waals surface area contributed by atoms with Crippen molar-refractivity contribution in [2.75, 3.05) is 30.0 Å². The van der Waals surface area contributed by atoms with E-state index in [4.69, 9.17) is 0 Å². The fourth-order valence-corrected chi connectivity index (χ4v) is 4.03. The Labute approximate surface area is 185 Å². The van der Waals surface area contributed by atoms with E-state index in [1.807, 2.05) is 70.2 Å². The summed E-state index contributed by atoms with van der Waals surface area (Å²) < 4.78 is 17.0. The maximum Gasteiger partial charge on any atom is 0.229 e. The molecule has 2 rings (SSSR count). The standard InChI is InChI=1S/C23H33N5O2S/c1-6-8-9-17(3)21-15-24-23(28-22(21)26-18(4)16-29)27-19-10-12-20(13-11-19)31(5,30)25-14-7-2/h6,8-13,15,18,29H,7,14,16H2,1-5H3,(H2,24,26,27,28)/b8-6-,17-9+/t18-,31?/m1/s1. The average Bonchev–Trinajstić information content (AvgIpc) is 2.76. The van der Waals surface area contributed by atoms with Gasteiger partial charge in [0.2, 0.25) is 5.95 Å². The van der Waals surface area contributed by atoms with Crippen LogP contribution in [-0.4, -0.2) is 44.7 Å². The lowest BCUT2D eigenvalue weighted by Crippen LogP contribution is -2.21. The molecule has 1 unspecified atom stereocenters. The Hall–Kier alpha value is -2.71. The Kier molecular flexibility index (Phi) is 9.21. The predicted octanol–water partition coefficient (Wildman–Crippen LogP) is 4.86. The molecule has 1 aromatic carbocycles. The van der Waals surface area contributed by atoms with Gasteiger partial charge in [-0.1, -0.05) is 25.2 Å². The van der Waals surface area contributed by atoms with Crippen LogP contribution in [0.3, 0.4) is 0 Å². The van der Waals surface area contributed by atoms with E-state index in [1.165, 1.54) is 0 Å². The first-order valence-electron chi connectivity index (χ1n) is 10.4. The van der Waals surface area contributed by atoms with Gasteiger partial charge in [0, 0.05) is 41.2 Å². The highest BCUT2D eigenvalue weighted by Gasteiger charge is 2.12. The van der Waals surface area contributed by atoms with Crippen LogP contribution in [0.15, 0.2) is 57.9 Å². The minimum absolute atomic E-state index is 0.00925. The van der Waals surface area contributed by atoms with Gasteiger partial charge in [-0.25, -0.2) is 13.6 Å². The molecule has 8 heteroatoms. The molecule has 3 N–H and O–H groups in total. The number of nitrogens with one attached hydrogen (secondary N) is 2. The number of aromatic nitrogens is 2. The van der Waals surface area contributed by atoms with Crippen LogP contribution < -0.4 is 10.6 Å². The van der Waals surface area contributed by atoms with Gasteiger partial charge in [0.1, 0.15) is 5.82 Å². The van der Waals surface area contributed by atoms with Gasteiger partial charge in [-0.2, -0.15) is 4.98 Å². The molecule has 0 spiro atoms. The fourth-order valence-electron chi connectivity index (χ4n) is 2.71. The van der Waals surface area contributed by atoms with E-state index in [0.717, 1.165) is 23.2 Å². The molecule has 2 atom stereocenters. The monoisotopic (exact) mass is 443 g/mol. The Bertz CT molecular complexity index is 1040. The first-order chi connectivity index (χ1) is 14.8. The molecule has 7 nitrogen and oxygen atoms in total. The van der Waals surface area contributed by atoms with Gasteiger partial charge < -0.3 is 15.7 Å². The summed E-state index contributed by atoms with van der Waals surface area (Å²) in [6.07, 6.45) is 10.2. The van der Waals surface area contributed by atoms with E-state index < -0.39 is 9.73 Å². The average molecular weight is 444 g/mol.